The number of pyridine rings is 1. The third-order valence-electron chi connectivity index (χ3n) is 6.94. The highest BCUT2D eigenvalue weighted by Crippen LogP contribution is 2.35. The summed E-state index contributed by atoms with van der Waals surface area (Å²) in [6, 6.07) is 15.9. The van der Waals surface area contributed by atoms with Crippen LogP contribution in [0.25, 0.3) is 40.2 Å². The molecule has 0 atom stereocenters. The van der Waals surface area contributed by atoms with Gasteiger partial charge in [-0.2, -0.15) is 0 Å². The summed E-state index contributed by atoms with van der Waals surface area (Å²) < 4.78 is 0. The topological polar surface area (TPSA) is 24.9 Å². The van der Waals surface area contributed by atoms with Crippen molar-refractivity contribution in [3.8, 4) is 22.4 Å². The molecule has 2 nitrogen and oxygen atoms in total. The maximum atomic E-state index is 5.10. The van der Waals surface area contributed by atoms with E-state index in [1.54, 1.807) is 0 Å². The zero-order chi connectivity index (χ0) is 28.1. The van der Waals surface area contributed by atoms with E-state index in [1.165, 1.54) is 59.9 Å². The Labute approximate surface area is 232 Å². The van der Waals surface area contributed by atoms with E-state index in [1.807, 2.05) is 53.8 Å². The molecule has 38 heavy (non-hydrogen) atoms. The number of rotatable bonds is 7. The number of fused-ring (bicyclic) bond motifs is 1. The van der Waals surface area contributed by atoms with E-state index in [2.05, 4.69) is 73.9 Å². The van der Waals surface area contributed by atoms with Crippen molar-refractivity contribution in [3.05, 3.63) is 95.2 Å². The van der Waals surface area contributed by atoms with Crippen LogP contribution in [0.3, 0.4) is 0 Å². The fourth-order valence-electron chi connectivity index (χ4n) is 5.11. The van der Waals surface area contributed by atoms with E-state index >= 15 is 0 Å². The van der Waals surface area contributed by atoms with Gasteiger partial charge in [-0.3, -0.25) is 0 Å². The minimum Gasteiger partial charge on any atom is -0.388 e. The summed E-state index contributed by atoms with van der Waals surface area (Å²) in [5, 5.41) is 3.24. The van der Waals surface area contributed by atoms with Crippen LogP contribution in [-0.4, -0.2) is 12.0 Å². The van der Waals surface area contributed by atoms with Crippen molar-refractivity contribution < 1.29 is 0 Å². The van der Waals surface area contributed by atoms with Crippen molar-refractivity contribution >= 4 is 17.8 Å². The highest BCUT2D eigenvalue weighted by molar-refractivity contribution is 5.83. The molecule has 1 N–H and O–H groups in total. The van der Waals surface area contributed by atoms with Gasteiger partial charge in [0, 0.05) is 29.4 Å². The molecule has 1 heterocycles. The van der Waals surface area contributed by atoms with E-state index in [4.69, 9.17) is 4.98 Å². The smallest absolute Gasteiger partial charge is 0.0748 e. The van der Waals surface area contributed by atoms with Gasteiger partial charge in [0.15, 0.2) is 0 Å². The normalized spacial score (nSPS) is 12.3. The van der Waals surface area contributed by atoms with E-state index < -0.39 is 0 Å². The van der Waals surface area contributed by atoms with Gasteiger partial charge in [0.25, 0.3) is 0 Å². The Morgan fingerprint density at radius 2 is 1.50 bits per heavy atom. The molecule has 202 valence electrons. The predicted octanol–water partition coefficient (Wildman–Crippen LogP) is 10.2. The Hall–Kier alpha value is -3.39. The Balaban J connectivity index is 0.00000121. The first-order valence-corrected chi connectivity index (χ1v) is 14.5. The molecule has 1 aromatic heterocycles. The zero-order valence-electron chi connectivity index (χ0n) is 24.9. The van der Waals surface area contributed by atoms with Crippen molar-refractivity contribution in [2.75, 3.05) is 7.05 Å². The molecule has 0 saturated heterocycles. The molecule has 0 fully saturated rings. The fourth-order valence-corrected chi connectivity index (χ4v) is 5.11. The summed E-state index contributed by atoms with van der Waals surface area (Å²) in [6.45, 7) is 20.5. The minimum atomic E-state index is 0.863. The number of hydrogen-bond donors (Lipinski definition) is 1. The van der Waals surface area contributed by atoms with Gasteiger partial charge in [-0.05, 0) is 72.9 Å². The van der Waals surface area contributed by atoms with Crippen LogP contribution in [0.1, 0.15) is 94.3 Å². The van der Waals surface area contributed by atoms with Gasteiger partial charge >= 0.3 is 0 Å². The van der Waals surface area contributed by atoms with Crippen molar-refractivity contribution in [3.63, 3.8) is 0 Å². The van der Waals surface area contributed by atoms with Gasteiger partial charge in [-0.15, -0.1) is 0 Å². The van der Waals surface area contributed by atoms with Gasteiger partial charge in [0.2, 0.25) is 0 Å². The summed E-state index contributed by atoms with van der Waals surface area (Å²) in [5.74, 6) is 0. The number of allylic oxidation sites excluding steroid dienone is 1. The molecule has 1 aliphatic rings. The third-order valence-corrected chi connectivity index (χ3v) is 6.94. The molecule has 3 aromatic rings. The van der Waals surface area contributed by atoms with Crippen LogP contribution in [0, 0.1) is 0 Å². The number of aryl methyl sites for hydroxylation is 2. The number of nitrogens with one attached hydrogen (secondary N) is 1. The quantitative estimate of drug-likeness (QED) is 0.321. The van der Waals surface area contributed by atoms with Crippen LogP contribution in [0.2, 0.25) is 0 Å². The van der Waals surface area contributed by atoms with Gasteiger partial charge in [0.05, 0.1) is 11.4 Å². The molecule has 0 amide bonds. The second-order valence-electron chi connectivity index (χ2n) is 9.02. The lowest BCUT2D eigenvalue weighted by Gasteiger charge is -2.20. The predicted molar refractivity (Wildman–Crippen MR) is 171 cm³/mol. The molecule has 0 bridgehead atoms. The lowest BCUT2D eigenvalue weighted by Crippen LogP contribution is -2.11. The molecule has 2 aromatic carbocycles. The van der Waals surface area contributed by atoms with Crippen LogP contribution >= 0.6 is 0 Å². The Morgan fingerprint density at radius 1 is 0.895 bits per heavy atom. The molecule has 0 unspecified atom stereocenters. The molecule has 0 aliphatic heterocycles. The largest absolute Gasteiger partial charge is 0.388 e. The van der Waals surface area contributed by atoms with Crippen molar-refractivity contribution in [2.24, 2.45) is 0 Å². The zero-order valence-corrected chi connectivity index (χ0v) is 24.9. The number of hydrogen-bond acceptors (Lipinski definition) is 2. The van der Waals surface area contributed by atoms with Gasteiger partial charge in [-0.1, -0.05) is 109 Å². The van der Waals surface area contributed by atoms with Crippen LogP contribution in [-0.2, 0) is 19.3 Å². The van der Waals surface area contributed by atoms with E-state index in [9.17, 15) is 0 Å². The molecule has 0 spiro atoms. The first-order chi connectivity index (χ1) is 18.6. The van der Waals surface area contributed by atoms with Crippen molar-refractivity contribution in [1.29, 1.82) is 0 Å². The Bertz CT molecular complexity index is 1230. The highest BCUT2D eigenvalue weighted by Gasteiger charge is 2.19. The molecular weight excluding hydrogens is 460 g/mol. The van der Waals surface area contributed by atoms with Crippen molar-refractivity contribution in [2.45, 2.75) is 80.1 Å². The number of benzene rings is 2. The van der Waals surface area contributed by atoms with Crippen LogP contribution < -0.4 is 5.32 Å². The van der Waals surface area contributed by atoms with Crippen LogP contribution in [0.5, 0.6) is 0 Å². The molecule has 0 radical (unpaired) electrons. The average Bonchev–Trinajstić information content (AvgIpc) is 3.23. The molecule has 4 rings (SSSR count). The second kappa shape index (κ2) is 15.8. The van der Waals surface area contributed by atoms with Crippen molar-refractivity contribution in [1.82, 2.24) is 10.3 Å². The van der Waals surface area contributed by atoms with Crippen LogP contribution in [0.4, 0.5) is 0 Å². The minimum absolute atomic E-state index is 0.863. The molecular formula is C36H48N2. The Kier molecular flexibility index (Phi) is 12.8. The standard InChI is InChI=1S/C32H36N2.2C2H6/c1-6-12-30-28(7-2)31(22(4)33-5)29(8-3)32(34-30)25-18-15-24(16-19-25)27-20-17-23-13-10-9-11-14-26(23)21-27;2*1-2/h6-7,12,15-21,33H,2,4,8-11,13-14H2,1,3,5H3;2*1-2H3/b12-6-;;. The number of nitrogens with zero attached hydrogens (tertiary/aromatic N) is 1. The number of aromatic nitrogens is 1. The lowest BCUT2D eigenvalue weighted by atomic mass is 9.90. The van der Waals surface area contributed by atoms with Gasteiger partial charge < -0.3 is 5.32 Å². The van der Waals surface area contributed by atoms with E-state index in [0.717, 1.165) is 40.2 Å². The lowest BCUT2D eigenvalue weighted by molar-refractivity contribution is 0.711. The molecule has 2 heteroatoms. The molecule has 1 aliphatic carbocycles. The van der Waals surface area contributed by atoms with E-state index in [0.29, 0.717) is 0 Å². The van der Waals surface area contributed by atoms with E-state index in [-0.39, 0.29) is 0 Å². The SMILES string of the molecule is C=Cc1c(/C=C\C)nc(-c2ccc(-c3ccc4c(c3)CCCCC4)cc2)c(CC)c1C(=C)NC.CC.CC. The van der Waals surface area contributed by atoms with Gasteiger partial charge in [0.1, 0.15) is 0 Å². The Morgan fingerprint density at radius 3 is 2.08 bits per heavy atom. The summed E-state index contributed by atoms with van der Waals surface area (Å²) >= 11 is 0. The maximum Gasteiger partial charge on any atom is 0.0748 e. The molecule has 0 saturated carbocycles. The fraction of sp³-hybridized carbons (Fsp3) is 0.361. The summed E-state index contributed by atoms with van der Waals surface area (Å²) in [5.41, 5.74) is 12.9. The third kappa shape index (κ3) is 6.92. The first-order valence-electron chi connectivity index (χ1n) is 14.5. The maximum absolute atomic E-state index is 5.10. The first kappa shape index (κ1) is 30.8. The highest BCUT2D eigenvalue weighted by atomic mass is 14.8. The monoisotopic (exact) mass is 508 g/mol. The second-order valence-corrected chi connectivity index (χ2v) is 9.02. The summed E-state index contributed by atoms with van der Waals surface area (Å²) in [4.78, 5) is 5.10. The summed E-state index contributed by atoms with van der Waals surface area (Å²) in [6.07, 6.45) is 13.2. The van der Waals surface area contributed by atoms with Crippen LogP contribution in [0.15, 0.2) is 61.7 Å². The van der Waals surface area contributed by atoms with Gasteiger partial charge in [-0.25, -0.2) is 4.98 Å². The summed E-state index contributed by atoms with van der Waals surface area (Å²) in [7, 11) is 1.92. The average molecular weight is 509 g/mol.